The molecule has 1 N–H and O–H groups in total. The molecule has 0 bridgehead atoms. The molecule has 0 unspecified atom stereocenters. The Morgan fingerprint density at radius 3 is 2.50 bits per heavy atom. The number of aromatic nitrogens is 2. The van der Waals surface area contributed by atoms with Gasteiger partial charge in [0.1, 0.15) is 18.2 Å². The van der Waals surface area contributed by atoms with Crippen LogP contribution in [0.15, 0.2) is 42.5 Å². The first kappa shape index (κ1) is 28.9. The lowest BCUT2D eigenvalue weighted by Crippen LogP contribution is -2.35. The summed E-state index contributed by atoms with van der Waals surface area (Å²) in [4.78, 5) is 7.67. The minimum Gasteiger partial charge on any atom is -0.486 e. The summed E-state index contributed by atoms with van der Waals surface area (Å²) >= 11 is 6.03. The molecular weight excluding hydrogens is 492 g/mol. The highest BCUT2D eigenvalue weighted by Crippen LogP contribution is 2.26. The summed E-state index contributed by atoms with van der Waals surface area (Å²) < 4.78 is 8.46. The number of likely N-dealkylation sites (tertiary alicyclic amines) is 1. The lowest BCUT2D eigenvalue weighted by atomic mass is 9.92. The number of fused-ring (bicyclic) bond motifs is 1. The Hall–Kier alpha value is -2.08. The first-order valence-electron chi connectivity index (χ1n) is 14.9. The van der Waals surface area contributed by atoms with Crippen molar-refractivity contribution in [3.8, 4) is 5.75 Å². The molecular formula is C32H47ClN4O. The van der Waals surface area contributed by atoms with Gasteiger partial charge in [-0.25, -0.2) is 4.98 Å². The molecule has 1 aliphatic rings. The molecule has 3 aromatic rings. The summed E-state index contributed by atoms with van der Waals surface area (Å²) in [5, 5.41) is 4.42. The highest BCUT2D eigenvalue weighted by Gasteiger charge is 2.19. The number of halogens is 1. The number of rotatable bonds is 15. The summed E-state index contributed by atoms with van der Waals surface area (Å²) in [6.45, 7) is 13.1. The number of para-hydroxylation sites is 1. The number of unbranched alkanes of at least 4 members (excludes halogenated alkanes) is 1. The molecule has 4 rings (SSSR count). The van der Waals surface area contributed by atoms with Crippen LogP contribution in [0.2, 0.25) is 5.02 Å². The number of imidazole rings is 1. The van der Waals surface area contributed by atoms with E-state index in [4.69, 9.17) is 21.3 Å². The molecule has 0 radical (unpaired) electrons. The van der Waals surface area contributed by atoms with E-state index < -0.39 is 0 Å². The summed E-state index contributed by atoms with van der Waals surface area (Å²) in [5.41, 5.74) is 3.52. The average Bonchev–Trinajstić information content (AvgIpc) is 3.30. The van der Waals surface area contributed by atoms with Crippen molar-refractivity contribution in [2.45, 2.75) is 91.3 Å². The number of aryl methyl sites for hydroxylation is 2. The summed E-state index contributed by atoms with van der Waals surface area (Å²) in [6.07, 6.45) is 10.2. The molecule has 1 fully saturated rings. The van der Waals surface area contributed by atoms with Crippen LogP contribution in [0.5, 0.6) is 5.75 Å². The predicted octanol–water partition coefficient (Wildman–Crippen LogP) is 7.63. The van der Waals surface area contributed by atoms with Crippen LogP contribution in [-0.2, 0) is 13.2 Å². The van der Waals surface area contributed by atoms with Crippen LogP contribution < -0.4 is 10.1 Å². The number of hydrogen-bond donors (Lipinski definition) is 1. The normalized spacial score (nSPS) is 15.1. The standard InChI is InChI=1S/C32H47ClN4O/c1-4-28(5-2)34-19-6-7-20-36-22-17-26(18-23-36)11-9-21-37-30-12-8-10-25(3)32(30)35-31(37)24-38-29-15-13-27(33)14-16-29/h8,10,12-16,26,28,34H,4-7,9,11,17-24H2,1-3H3. The van der Waals surface area contributed by atoms with E-state index >= 15 is 0 Å². The van der Waals surface area contributed by atoms with Crippen molar-refractivity contribution >= 4 is 22.6 Å². The Morgan fingerprint density at radius 1 is 1.00 bits per heavy atom. The smallest absolute Gasteiger partial charge is 0.148 e. The molecule has 1 saturated heterocycles. The molecule has 0 saturated carbocycles. The van der Waals surface area contributed by atoms with Crippen molar-refractivity contribution in [2.75, 3.05) is 26.2 Å². The molecule has 0 aliphatic carbocycles. The zero-order valence-corrected chi connectivity index (χ0v) is 24.5. The van der Waals surface area contributed by atoms with E-state index in [-0.39, 0.29) is 0 Å². The highest BCUT2D eigenvalue weighted by atomic mass is 35.5. The molecule has 38 heavy (non-hydrogen) atoms. The van der Waals surface area contributed by atoms with Crippen molar-refractivity contribution in [3.05, 3.63) is 58.9 Å². The second-order valence-corrected chi connectivity index (χ2v) is 11.4. The van der Waals surface area contributed by atoms with Crippen molar-refractivity contribution < 1.29 is 4.74 Å². The molecule has 1 aromatic heterocycles. The van der Waals surface area contributed by atoms with Gasteiger partial charge in [0.05, 0.1) is 11.0 Å². The van der Waals surface area contributed by atoms with Crippen molar-refractivity contribution in [3.63, 3.8) is 0 Å². The number of benzene rings is 2. The van der Waals surface area contributed by atoms with Gasteiger partial charge in [-0.2, -0.15) is 0 Å². The highest BCUT2D eigenvalue weighted by molar-refractivity contribution is 6.30. The van der Waals surface area contributed by atoms with Gasteiger partial charge in [0.2, 0.25) is 0 Å². The molecule has 5 nitrogen and oxygen atoms in total. The summed E-state index contributed by atoms with van der Waals surface area (Å²) in [6, 6.07) is 14.7. The van der Waals surface area contributed by atoms with E-state index in [1.165, 1.54) is 82.1 Å². The van der Waals surface area contributed by atoms with Crippen LogP contribution in [0.3, 0.4) is 0 Å². The number of nitrogens with zero attached hydrogens (tertiary/aromatic N) is 3. The maximum absolute atomic E-state index is 6.08. The van der Waals surface area contributed by atoms with E-state index in [0.29, 0.717) is 12.6 Å². The summed E-state index contributed by atoms with van der Waals surface area (Å²) in [5.74, 6) is 2.66. The monoisotopic (exact) mass is 538 g/mol. The van der Waals surface area contributed by atoms with Gasteiger partial charge in [-0.1, -0.05) is 37.6 Å². The number of piperidine rings is 1. The Bertz CT molecular complexity index is 1100. The van der Waals surface area contributed by atoms with Gasteiger partial charge in [-0.15, -0.1) is 0 Å². The molecule has 0 atom stereocenters. The maximum atomic E-state index is 6.08. The predicted molar refractivity (Wildman–Crippen MR) is 160 cm³/mol. The lowest BCUT2D eigenvalue weighted by Gasteiger charge is -2.32. The minimum atomic E-state index is 0.460. The minimum absolute atomic E-state index is 0.460. The van der Waals surface area contributed by atoms with Gasteiger partial charge in [0, 0.05) is 17.6 Å². The quantitative estimate of drug-likeness (QED) is 0.202. The molecule has 0 spiro atoms. The molecule has 0 amide bonds. The van der Waals surface area contributed by atoms with E-state index in [2.05, 4.69) is 53.8 Å². The van der Waals surface area contributed by atoms with E-state index in [1.54, 1.807) is 0 Å². The van der Waals surface area contributed by atoms with E-state index in [9.17, 15) is 0 Å². The summed E-state index contributed by atoms with van der Waals surface area (Å²) in [7, 11) is 0. The van der Waals surface area contributed by atoms with Crippen LogP contribution in [0, 0.1) is 12.8 Å². The molecule has 2 aromatic carbocycles. The zero-order valence-electron chi connectivity index (χ0n) is 23.7. The molecule has 1 aliphatic heterocycles. The SMILES string of the molecule is CCC(CC)NCCCCN1CCC(CCCn2c(COc3ccc(Cl)cc3)nc3c(C)cccc32)CC1. The molecule has 208 valence electrons. The van der Waals surface area contributed by atoms with Crippen LogP contribution in [-0.4, -0.2) is 46.7 Å². The Balaban J connectivity index is 1.22. The second kappa shape index (κ2) is 14.9. The number of nitrogens with one attached hydrogen (secondary N) is 1. The van der Waals surface area contributed by atoms with Gasteiger partial charge in [-0.05, 0) is 126 Å². The van der Waals surface area contributed by atoms with Crippen LogP contribution in [0.4, 0.5) is 0 Å². The third-order valence-corrected chi connectivity index (χ3v) is 8.51. The average molecular weight is 539 g/mol. The fourth-order valence-electron chi connectivity index (χ4n) is 5.75. The second-order valence-electron chi connectivity index (χ2n) is 11.0. The van der Waals surface area contributed by atoms with Gasteiger partial charge in [-0.3, -0.25) is 0 Å². The van der Waals surface area contributed by atoms with Crippen LogP contribution in [0.1, 0.15) is 76.6 Å². The van der Waals surface area contributed by atoms with Crippen molar-refractivity contribution in [1.82, 2.24) is 19.8 Å². The van der Waals surface area contributed by atoms with E-state index in [0.717, 1.165) is 41.1 Å². The van der Waals surface area contributed by atoms with Crippen molar-refractivity contribution in [1.29, 1.82) is 0 Å². The van der Waals surface area contributed by atoms with Gasteiger partial charge < -0.3 is 19.5 Å². The van der Waals surface area contributed by atoms with Gasteiger partial charge in [0.15, 0.2) is 0 Å². The topological polar surface area (TPSA) is 42.3 Å². The van der Waals surface area contributed by atoms with Crippen LogP contribution in [0.25, 0.3) is 11.0 Å². The Kier molecular flexibility index (Phi) is 11.3. The maximum Gasteiger partial charge on any atom is 0.148 e. The van der Waals surface area contributed by atoms with Gasteiger partial charge in [0.25, 0.3) is 0 Å². The van der Waals surface area contributed by atoms with E-state index in [1.807, 2.05) is 24.3 Å². The molecule has 6 heteroatoms. The zero-order chi connectivity index (χ0) is 26.7. The van der Waals surface area contributed by atoms with Crippen LogP contribution >= 0.6 is 11.6 Å². The Morgan fingerprint density at radius 2 is 1.76 bits per heavy atom. The lowest BCUT2D eigenvalue weighted by molar-refractivity contribution is 0.174. The Labute approximate surface area is 234 Å². The van der Waals surface area contributed by atoms with Gasteiger partial charge >= 0.3 is 0 Å². The first-order valence-corrected chi connectivity index (χ1v) is 15.2. The number of ether oxygens (including phenoxy) is 1. The fraction of sp³-hybridized carbons (Fsp3) is 0.594. The largest absolute Gasteiger partial charge is 0.486 e. The third-order valence-electron chi connectivity index (χ3n) is 8.26. The first-order chi connectivity index (χ1) is 18.6. The number of hydrogen-bond acceptors (Lipinski definition) is 4. The van der Waals surface area contributed by atoms with Crippen molar-refractivity contribution in [2.24, 2.45) is 5.92 Å². The fourth-order valence-corrected chi connectivity index (χ4v) is 5.88. The molecule has 2 heterocycles. The third kappa shape index (κ3) is 8.21.